The highest BCUT2D eigenvalue weighted by atomic mass is 31.2. The molecule has 0 amide bonds. The van der Waals surface area contributed by atoms with E-state index >= 15 is 0 Å². The van der Waals surface area contributed by atoms with Crippen LogP contribution in [-0.4, -0.2) is 96.7 Å². The van der Waals surface area contributed by atoms with E-state index in [0.717, 1.165) is 109 Å². The topological polar surface area (TPSA) is 237 Å². The van der Waals surface area contributed by atoms with Gasteiger partial charge < -0.3 is 33.8 Å². The van der Waals surface area contributed by atoms with Gasteiger partial charge in [-0.05, 0) is 31.6 Å². The fraction of sp³-hybridized carbons (Fsp3) is 0.946. The molecule has 0 rings (SSSR count). The van der Waals surface area contributed by atoms with Crippen LogP contribution in [0, 0.1) is 5.92 Å². The molecule has 0 aliphatic rings. The third-order valence-corrected chi connectivity index (χ3v) is 19.2. The molecule has 0 aromatic carbocycles. The number of ether oxygens (including phenoxy) is 4. The molecule has 17 nitrogen and oxygen atoms in total. The van der Waals surface area contributed by atoms with Gasteiger partial charge in [-0.2, -0.15) is 0 Å². The number of unbranched alkanes of at least 4 members (excludes halogenated alkanes) is 46. The minimum atomic E-state index is -4.95. The van der Waals surface area contributed by atoms with Crippen molar-refractivity contribution in [3.05, 3.63) is 0 Å². The van der Waals surface area contributed by atoms with E-state index in [9.17, 15) is 43.2 Å². The molecule has 0 heterocycles. The molecule has 0 spiro atoms. The van der Waals surface area contributed by atoms with Crippen LogP contribution < -0.4 is 0 Å². The molecule has 19 heteroatoms. The van der Waals surface area contributed by atoms with Crippen molar-refractivity contribution in [3.8, 4) is 0 Å². The third kappa shape index (κ3) is 68.4. The Hall–Kier alpha value is -1.94. The van der Waals surface area contributed by atoms with Gasteiger partial charge in [0.2, 0.25) is 0 Å². The first-order valence-electron chi connectivity index (χ1n) is 38.6. The molecule has 0 aromatic rings. The van der Waals surface area contributed by atoms with Crippen LogP contribution >= 0.6 is 15.6 Å². The Bertz CT molecular complexity index is 1790. The second-order valence-corrected chi connectivity index (χ2v) is 30.1. The Morgan fingerprint density at radius 1 is 0.290 bits per heavy atom. The van der Waals surface area contributed by atoms with Crippen molar-refractivity contribution >= 4 is 39.5 Å². The van der Waals surface area contributed by atoms with Gasteiger partial charge in [-0.3, -0.25) is 37.3 Å². The predicted octanol–water partition coefficient (Wildman–Crippen LogP) is 21.7. The number of aliphatic hydroxyl groups excluding tert-OH is 1. The molecule has 0 saturated carbocycles. The van der Waals surface area contributed by atoms with E-state index < -0.39 is 97.5 Å². The van der Waals surface area contributed by atoms with Crippen molar-refractivity contribution in [3.63, 3.8) is 0 Å². The van der Waals surface area contributed by atoms with Gasteiger partial charge in [0.05, 0.1) is 26.4 Å². The lowest BCUT2D eigenvalue weighted by molar-refractivity contribution is -0.161. The van der Waals surface area contributed by atoms with Gasteiger partial charge in [0.15, 0.2) is 12.2 Å². The molecule has 93 heavy (non-hydrogen) atoms. The molecule has 552 valence electrons. The normalized spacial score (nSPS) is 14.0. The molecule has 0 aliphatic heterocycles. The number of hydrogen-bond acceptors (Lipinski definition) is 15. The van der Waals surface area contributed by atoms with Crippen LogP contribution in [-0.2, 0) is 65.4 Å². The Labute approximate surface area is 568 Å². The van der Waals surface area contributed by atoms with Crippen molar-refractivity contribution in [2.75, 3.05) is 39.6 Å². The van der Waals surface area contributed by atoms with Crippen LogP contribution in [0.5, 0.6) is 0 Å². The second-order valence-electron chi connectivity index (χ2n) is 27.2. The van der Waals surface area contributed by atoms with Crippen LogP contribution in [0.2, 0.25) is 0 Å². The number of rotatable bonds is 74. The summed E-state index contributed by atoms with van der Waals surface area (Å²) in [5, 5.41) is 10.6. The zero-order chi connectivity index (χ0) is 68.4. The van der Waals surface area contributed by atoms with Gasteiger partial charge in [0, 0.05) is 25.7 Å². The summed E-state index contributed by atoms with van der Waals surface area (Å²) in [5.41, 5.74) is 0. The largest absolute Gasteiger partial charge is 0.472 e. The maximum atomic E-state index is 13.1. The first-order chi connectivity index (χ1) is 45.0. The monoisotopic (exact) mass is 1370 g/mol. The number of phosphoric acid groups is 2. The van der Waals surface area contributed by atoms with Gasteiger partial charge in [0.25, 0.3) is 0 Å². The van der Waals surface area contributed by atoms with Crippen molar-refractivity contribution in [2.45, 2.75) is 406 Å². The Morgan fingerprint density at radius 2 is 0.495 bits per heavy atom. The van der Waals surface area contributed by atoms with Crippen LogP contribution in [0.25, 0.3) is 0 Å². The zero-order valence-electron chi connectivity index (χ0n) is 60.4. The minimum Gasteiger partial charge on any atom is -0.462 e. The maximum absolute atomic E-state index is 13.1. The van der Waals surface area contributed by atoms with Crippen molar-refractivity contribution < 1.29 is 80.2 Å². The first-order valence-corrected chi connectivity index (χ1v) is 41.6. The molecule has 0 aliphatic carbocycles. The van der Waals surface area contributed by atoms with Gasteiger partial charge in [0.1, 0.15) is 19.3 Å². The van der Waals surface area contributed by atoms with E-state index in [2.05, 4.69) is 34.6 Å². The summed E-state index contributed by atoms with van der Waals surface area (Å²) in [4.78, 5) is 72.5. The van der Waals surface area contributed by atoms with Crippen LogP contribution in [0.1, 0.15) is 388 Å². The molecule has 5 atom stereocenters. The maximum Gasteiger partial charge on any atom is 0.472 e. The standard InChI is InChI=1S/C74H144O17P2/c1-6-9-12-15-18-21-22-23-24-25-26-27-28-29-34-37-40-45-50-55-60-74(79)91-70(64-85-72(77)58-53-48-44-39-36-33-31-30-32-35-38-41-46-51-56-67(4)5)66-89-93(82,83)87-62-68(75)61-86-92(80,81)88-65-69(90-73(78)59-54-49-43-20-17-14-11-8-3)63-84-71(76)57-52-47-42-19-16-13-10-7-2/h67-70,75H,6-66H2,1-5H3,(H,80,81)(H,82,83)/t68-,69+,70+/m0/s1. The lowest BCUT2D eigenvalue weighted by Crippen LogP contribution is -2.30. The third-order valence-electron chi connectivity index (χ3n) is 17.3. The molecular weight excluding hydrogens is 1220 g/mol. The fourth-order valence-electron chi connectivity index (χ4n) is 11.4. The highest BCUT2D eigenvalue weighted by molar-refractivity contribution is 7.47. The first kappa shape index (κ1) is 91.1. The average Bonchev–Trinajstić information content (AvgIpc) is 2.54. The number of carbonyl (C=O) groups is 4. The summed E-state index contributed by atoms with van der Waals surface area (Å²) in [7, 11) is -9.90. The van der Waals surface area contributed by atoms with Gasteiger partial charge >= 0.3 is 39.5 Å². The van der Waals surface area contributed by atoms with E-state index in [1.165, 1.54) is 199 Å². The Balaban J connectivity index is 5.15. The van der Waals surface area contributed by atoms with E-state index in [-0.39, 0.29) is 25.7 Å². The summed E-state index contributed by atoms with van der Waals surface area (Å²) in [6.45, 7) is 7.24. The molecule has 0 aromatic heterocycles. The predicted molar refractivity (Wildman–Crippen MR) is 377 cm³/mol. The lowest BCUT2D eigenvalue weighted by atomic mass is 10.0. The van der Waals surface area contributed by atoms with E-state index in [1.807, 2.05) is 0 Å². The molecule has 3 N–H and O–H groups in total. The average molecular weight is 1370 g/mol. The summed E-state index contributed by atoms with van der Waals surface area (Å²) >= 11 is 0. The summed E-state index contributed by atoms with van der Waals surface area (Å²) in [6.07, 6.45) is 55.8. The fourth-order valence-corrected chi connectivity index (χ4v) is 12.9. The number of aliphatic hydroxyl groups is 1. The van der Waals surface area contributed by atoms with Crippen molar-refractivity contribution in [1.82, 2.24) is 0 Å². The van der Waals surface area contributed by atoms with Gasteiger partial charge in [-0.15, -0.1) is 0 Å². The summed E-state index contributed by atoms with van der Waals surface area (Å²) in [6, 6.07) is 0. The van der Waals surface area contributed by atoms with E-state index in [1.54, 1.807) is 0 Å². The molecule has 0 saturated heterocycles. The smallest absolute Gasteiger partial charge is 0.462 e. The molecule has 0 radical (unpaired) electrons. The molecule has 0 bridgehead atoms. The van der Waals surface area contributed by atoms with E-state index in [0.29, 0.717) is 25.7 Å². The highest BCUT2D eigenvalue weighted by Crippen LogP contribution is 2.45. The minimum absolute atomic E-state index is 0.105. The number of carbonyl (C=O) groups excluding carboxylic acids is 4. The van der Waals surface area contributed by atoms with Crippen LogP contribution in [0.4, 0.5) is 0 Å². The number of esters is 4. The number of phosphoric ester groups is 2. The van der Waals surface area contributed by atoms with Crippen molar-refractivity contribution in [2.24, 2.45) is 5.92 Å². The summed E-state index contributed by atoms with van der Waals surface area (Å²) in [5.74, 6) is -1.32. The van der Waals surface area contributed by atoms with E-state index in [4.69, 9.17) is 37.0 Å². The van der Waals surface area contributed by atoms with Gasteiger partial charge in [-0.1, -0.05) is 336 Å². The number of hydrogen-bond donors (Lipinski definition) is 3. The SMILES string of the molecule is CCCCCCCCCCCCCCCCCCCCCCC(=O)O[C@H](COC(=O)CCCCCCCCCCCCCCCCC(C)C)COP(=O)(O)OC[C@@H](O)COP(=O)(O)OC[C@@H](COC(=O)CCCCCCCCCC)OC(=O)CCCCCCCCCC. The van der Waals surface area contributed by atoms with Crippen molar-refractivity contribution in [1.29, 1.82) is 0 Å². The molecular formula is C74H144O17P2. The molecule has 0 fully saturated rings. The van der Waals surface area contributed by atoms with Gasteiger partial charge in [-0.25, -0.2) is 9.13 Å². The summed E-state index contributed by atoms with van der Waals surface area (Å²) < 4.78 is 68.3. The van der Waals surface area contributed by atoms with Crippen LogP contribution in [0.3, 0.4) is 0 Å². The molecule has 2 unspecified atom stereocenters. The quantitative estimate of drug-likeness (QED) is 0.0222. The Morgan fingerprint density at radius 3 is 0.731 bits per heavy atom. The zero-order valence-corrected chi connectivity index (χ0v) is 62.2. The Kier molecular flexibility index (Phi) is 65.9. The van der Waals surface area contributed by atoms with Crippen LogP contribution in [0.15, 0.2) is 0 Å². The highest BCUT2D eigenvalue weighted by Gasteiger charge is 2.30. The lowest BCUT2D eigenvalue weighted by Gasteiger charge is -2.21. The second kappa shape index (κ2) is 67.3.